The Balaban J connectivity index is 1.46. The fourth-order valence-corrected chi connectivity index (χ4v) is 5.63. The van der Waals surface area contributed by atoms with Gasteiger partial charge in [0.1, 0.15) is 5.00 Å². The molecule has 2 heterocycles. The Hall–Kier alpha value is -2.90. The second-order valence-electron chi connectivity index (χ2n) is 8.59. The second-order valence-corrected chi connectivity index (χ2v) is 10.1. The number of aryl methyl sites for hydroxylation is 1. The van der Waals surface area contributed by atoms with Crippen LogP contribution in [0.1, 0.15) is 40.2 Å². The number of hydrogen-bond donors (Lipinski definition) is 1. The van der Waals surface area contributed by atoms with E-state index >= 15 is 0 Å². The van der Waals surface area contributed by atoms with Crippen molar-refractivity contribution < 1.29 is 9.53 Å². The summed E-state index contributed by atoms with van der Waals surface area (Å²) in [5, 5.41) is 4.76. The van der Waals surface area contributed by atoms with E-state index in [9.17, 15) is 4.79 Å². The highest BCUT2D eigenvalue weighted by Crippen LogP contribution is 2.31. The highest BCUT2D eigenvalue weighted by Gasteiger charge is 2.27. The number of anilines is 2. The summed E-state index contributed by atoms with van der Waals surface area (Å²) in [5.74, 6) is -0.319. The standard InChI is InChI=1S/C27H31N3O2S2/c1-4-32-26(31)24-17-23(16-21-8-6-5-7-9-21)34-25(24)28-27(33)29-14-15-30(20(3)18-29)22-12-10-19(2)11-13-22/h5-13,17,20H,4,14-16,18H2,1-3H3,(H,28,33). The van der Waals surface area contributed by atoms with E-state index in [0.29, 0.717) is 23.3 Å². The SMILES string of the molecule is CCOC(=O)c1cc(Cc2ccccc2)sc1NC(=S)N1CCN(c2ccc(C)cc2)C(C)C1. The minimum atomic E-state index is -0.319. The van der Waals surface area contributed by atoms with Crippen molar-refractivity contribution in [2.75, 3.05) is 36.5 Å². The van der Waals surface area contributed by atoms with Crippen LogP contribution in [0, 0.1) is 6.92 Å². The fourth-order valence-electron chi connectivity index (χ4n) is 4.22. The third-order valence-electron chi connectivity index (χ3n) is 6.00. The van der Waals surface area contributed by atoms with E-state index in [4.69, 9.17) is 17.0 Å². The molecule has 1 unspecified atom stereocenters. The summed E-state index contributed by atoms with van der Waals surface area (Å²) >= 11 is 7.35. The van der Waals surface area contributed by atoms with Crippen LogP contribution in [0.5, 0.6) is 0 Å². The van der Waals surface area contributed by atoms with Crippen molar-refractivity contribution in [2.45, 2.75) is 33.2 Å². The average molecular weight is 494 g/mol. The zero-order chi connectivity index (χ0) is 24.1. The molecule has 34 heavy (non-hydrogen) atoms. The molecule has 1 saturated heterocycles. The molecule has 0 aliphatic carbocycles. The molecule has 5 nitrogen and oxygen atoms in total. The molecule has 4 rings (SSSR count). The lowest BCUT2D eigenvalue weighted by molar-refractivity contribution is 0.0528. The van der Waals surface area contributed by atoms with Gasteiger partial charge in [0.05, 0.1) is 12.2 Å². The highest BCUT2D eigenvalue weighted by molar-refractivity contribution is 7.80. The molecule has 1 atom stereocenters. The number of hydrogen-bond acceptors (Lipinski definition) is 5. The topological polar surface area (TPSA) is 44.8 Å². The molecule has 0 amide bonds. The zero-order valence-corrected chi connectivity index (χ0v) is 21.5. The normalized spacial score (nSPS) is 15.8. The van der Waals surface area contributed by atoms with E-state index < -0.39 is 0 Å². The Morgan fingerprint density at radius 2 is 1.88 bits per heavy atom. The van der Waals surface area contributed by atoms with E-state index in [1.807, 2.05) is 31.2 Å². The lowest BCUT2D eigenvalue weighted by Crippen LogP contribution is -2.54. The quantitative estimate of drug-likeness (QED) is 0.349. The molecule has 1 aliphatic rings. The molecule has 1 aromatic heterocycles. The van der Waals surface area contributed by atoms with Gasteiger partial charge in [-0.2, -0.15) is 0 Å². The average Bonchev–Trinajstić information content (AvgIpc) is 3.22. The summed E-state index contributed by atoms with van der Waals surface area (Å²) in [4.78, 5) is 18.4. The van der Waals surface area contributed by atoms with Gasteiger partial charge in [-0.3, -0.25) is 0 Å². The molecule has 178 valence electrons. The van der Waals surface area contributed by atoms with Crippen LogP contribution in [0.2, 0.25) is 0 Å². The smallest absolute Gasteiger partial charge is 0.341 e. The number of nitrogens with zero attached hydrogens (tertiary/aromatic N) is 2. The van der Waals surface area contributed by atoms with Crippen LogP contribution in [-0.2, 0) is 11.2 Å². The largest absolute Gasteiger partial charge is 0.462 e. The molecule has 7 heteroatoms. The number of piperazine rings is 1. The Bertz CT molecular complexity index is 1130. The van der Waals surface area contributed by atoms with Gasteiger partial charge in [0.25, 0.3) is 0 Å². The Labute approximate surface area is 211 Å². The van der Waals surface area contributed by atoms with Gasteiger partial charge in [-0.1, -0.05) is 48.0 Å². The predicted octanol–water partition coefficient (Wildman–Crippen LogP) is 5.73. The molecular weight excluding hydrogens is 462 g/mol. The van der Waals surface area contributed by atoms with Gasteiger partial charge in [-0.25, -0.2) is 4.79 Å². The molecular formula is C27H31N3O2S2. The van der Waals surface area contributed by atoms with Crippen molar-refractivity contribution >= 4 is 45.3 Å². The summed E-state index contributed by atoms with van der Waals surface area (Å²) in [7, 11) is 0. The van der Waals surface area contributed by atoms with Gasteiger partial charge < -0.3 is 19.9 Å². The lowest BCUT2D eigenvalue weighted by atomic mass is 10.1. The van der Waals surface area contributed by atoms with Crippen molar-refractivity contribution in [1.82, 2.24) is 4.90 Å². The molecule has 0 bridgehead atoms. The molecule has 1 N–H and O–H groups in total. The Kier molecular flexibility index (Phi) is 7.85. The summed E-state index contributed by atoms with van der Waals surface area (Å²) in [5.41, 5.74) is 4.26. The van der Waals surface area contributed by atoms with Gasteiger partial charge in [-0.05, 0) is 56.8 Å². The van der Waals surface area contributed by atoms with Crippen LogP contribution in [-0.4, -0.2) is 48.3 Å². The van der Waals surface area contributed by atoms with Crippen molar-refractivity contribution in [3.8, 4) is 0 Å². The zero-order valence-electron chi connectivity index (χ0n) is 19.9. The highest BCUT2D eigenvalue weighted by atomic mass is 32.1. The van der Waals surface area contributed by atoms with Crippen LogP contribution >= 0.6 is 23.6 Å². The van der Waals surface area contributed by atoms with Gasteiger partial charge >= 0.3 is 5.97 Å². The van der Waals surface area contributed by atoms with Crippen LogP contribution in [0.15, 0.2) is 60.7 Å². The number of esters is 1. The minimum absolute atomic E-state index is 0.317. The number of carbonyl (C=O) groups excluding carboxylic acids is 1. The third-order valence-corrected chi connectivity index (χ3v) is 7.41. The van der Waals surface area contributed by atoms with Crippen LogP contribution in [0.4, 0.5) is 10.7 Å². The summed E-state index contributed by atoms with van der Waals surface area (Å²) in [6, 6.07) is 21.2. The number of thiophene rings is 1. The van der Waals surface area contributed by atoms with Crippen LogP contribution in [0.25, 0.3) is 0 Å². The van der Waals surface area contributed by atoms with Gasteiger partial charge in [0, 0.05) is 42.7 Å². The molecule has 1 fully saturated rings. The minimum Gasteiger partial charge on any atom is -0.462 e. The first kappa shape index (κ1) is 24.2. The third kappa shape index (κ3) is 5.77. The first-order valence-electron chi connectivity index (χ1n) is 11.7. The Morgan fingerprint density at radius 1 is 1.15 bits per heavy atom. The summed E-state index contributed by atoms with van der Waals surface area (Å²) in [6.45, 7) is 9.02. The predicted molar refractivity (Wildman–Crippen MR) is 145 cm³/mol. The van der Waals surface area contributed by atoms with E-state index in [2.05, 4.69) is 65.4 Å². The number of ether oxygens (including phenoxy) is 1. The first-order chi connectivity index (χ1) is 16.4. The Morgan fingerprint density at radius 3 is 2.56 bits per heavy atom. The van der Waals surface area contributed by atoms with Crippen LogP contribution in [0.3, 0.4) is 0 Å². The monoisotopic (exact) mass is 493 g/mol. The van der Waals surface area contributed by atoms with Gasteiger partial charge in [0.2, 0.25) is 0 Å². The number of rotatable bonds is 6. The molecule has 0 radical (unpaired) electrons. The van der Waals surface area contributed by atoms with Crippen LogP contribution < -0.4 is 10.2 Å². The van der Waals surface area contributed by atoms with Crippen molar-refractivity contribution in [3.05, 3.63) is 82.2 Å². The maximum Gasteiger partial charge on any atom is 0.341 e. The number of benzene rings is 2. The molecule has 2 aromatic carbocycles. The number of thiocarbonyl (C=S) groups is 1. The van der Waals surface area contributed by atoms with E-state index in [0.717, 1.165) is 35.9 Å². The van der Waals surface area contributed by atoms with Gasteiger partial charge in [0.15, 0.2) is 5.11 Å². The molecule has 0 spiro atoms. The molecule has 1 aliphatic heterocycles. The summed E-state index contributed by atoms with van der Waals surface area (Å²) in [6.07, 6.45) is 0.763. The summed E-state index contributed by atoms with van der Waals surface area (Å²) < 4.78 is 5.31. The van der Waals surface area contributed by atoms with Gasteiger partial charge in [-0.15, -0.1) is 11.3 Å². The van der Waals surface area contributed by atoms with Crippen molar-refractivity contribution in [1.29, 1.82) is 0 Å². The molecule has 3 aromatic rings. The molecule has 0 saturated carbocycles. The lowest BCUT2D eigenvalue weighted by Gasteiger charge is -2.42. The van der Waals surface area contributed by atoms with Crippen molar-refractivity contribution in [2.24, 2.45) is 0 Å². The van der Waals surface area contributed by atoms with Crippen molar-refractivity contribution in [3.63, 3.8) is 0 Å². The number of carbonyl (C=O) groups is 1. The van der Waals surface area contributed by atoms with E-state index in [-0.39, 0.29) is 5.97 Å². The number of nitrogens with one attached hydrogen (secondary N) is 1. The fraction of sp³-hybridized carbons (Fsp3) is 0.333. The van der Waals surface area contributed by atoms with E-state index in [1.54, 1.807) is 11.3 Å². The maximum absolute atomic E-state index is 12.6. The maximum atomic E-state index is 12.6. The first-order valence-corrected chi connectivity index (χ1v) is 12.9. The second kappa shape index (κ2) is 11.0. The van der Waals surface area contributed by atoms with E-state index in [1.165, 1.54) is 16.8 Å².